The summed E-state index contributed by atoms with van der Waals surface area (Å²) in [5, 5.41) is 0.281. The van der Waals surface area contributed by atoms with E-state index in [-0.39, 0.29) is 5.38 Å². The summed E-state index contributed by atoms with van der Waals surface area (Å²) in [6.07, 6.45) is 3.88. The van der Waals surface area contributed by atoms with Gasteiger partial charge in [0.05, 0.1) is 5.38 Å². The number of rotatable bonds is 0. The number of alkyl halides is 1. The Labute approximate surface area is 77.5 Å². The van der Waals surface area contributed by atoms with E-state index < -0.39 is 0 Å². The zero-order valence-corrected chi connectivity index (χ0v) is 7.64. The number of benzene rings is 1. The molecule has 0 amide bonds. The Morgan fingerprint density at radius 2 is 2.00 bits per heavy atom. The Bertz CT molecular complexity index is 326. The predicted octanol–water partition coefficient (Wildman–Crippen LogP) is 3.40. The molecule has 2 aliphatic rings. The van der Waals surface area contributed by atoms with Gasteiger partial charge in [0, 0.05) is 0 Å². The molecule has 1 spiro atoms. The molecule has 1 heteroatoms. The van der Waals surface area contributed by atoms with Crippen LogP contribution >= 0.6 is 11.6 Å². The van der Waals surface area contributed by atoms with Crippen LogP contribution in [0.1, 0.15) is 35.8 Å². The molecule has 0 radical (unpaired) electrons. The van der Waals surface area contributed by atoms with Gasteiger partial charge in [-0.2, -0.15) is 0 Å². The SMILES string of the molecule is ClC1CC2(CC2)c2ccccc21. The van der Waals surface area contributed by atoms with Crippen LogP contribution in [0.4, 0.5) is 0 Å². The van der Waals surface area contributed by atoms with E-state index in [4.69, 9.17) is 11.6 Å². The zero-order chi connectivity index (χ0) is 8.18. The van der Waals surface area contributed by atoms with Crippen molar-refractivity contribution in [1.82, 2.24) is 0 Å². The highest BCUT2D eigenvalue weighted by Gasteiger charge is 2.51. The molecule has 0 saturated heterocycles. The molecule has 1 aromatic rings. The van der Waals surface area contributed by atoms with Gasteiger partial charge in [-0.15, -0.1) is 11.6 Å². The van der Waals surface area contributed by atoms with Crippen molar-refractivity contribution in [3.63, 3.8) is 0 Å². The van der Waals surface area contributed by atoms with Gasteiger partial charge in [-0.25, -0.2) is 0 Å². The van der Waals surface area contributed by atoms with E-state index >= 15 is 0 Å². The summed E-state index contributed by atoms with van der Waals surface area (Å²) < 4.78 is 0. The zero-order valence-electron chi connectivity index (χ0n) is 6.89. The summed E-state index contributed by atoms with van der Waals surface area (Å²) in [5.74, 6) is 0. The average Bonchev–Trinajstić information content (AvgIpc) is 2.79. The van der Waals surface area contributed by atoms with Crippen LogP contribution < -0.4 is 0 Å². The maximum atomic E-state index is 6.27. The summed E-state index contributed by atoms with van der Waals surface area (Å²) in [5.41, 5.74) is 3.44. The molecular weight excluding hydrogens is 168 g/mol. The largest absolute Gasteiger partial charge is 0.118 e. The molecule has 1 saturated carbocycles. The van der Waals surface area contributed by atoms with Crippen LogP contribution in [-0.4, -0.2) is 0 Å². The van der Waals surface area contributed by atoms with E-state index in [1.165, 1.54) is 30.4 Å². The highest BCUT2D eigenvalue weighted by molar-refractivity contribution is 6.21. The third-order valence-electron chi connectivity index (χ3n) is 3.29. The van der Waals surface area contributed by atoms with Gasteiger partial charge in [-0.05, 0) is 35.8 Å². The lowest BCUT2D eigenvalue weighted by Gasteiger charge is -2.05. The minimum absolute atomic E-state index is 0.281. The van der Waals surface area contributed by atoms with Crippen molar-refractivity contribution in [2.45, 2.75) is 30.1 Å². The molecular formula is C11H11Cl. The van der Waals surface area contributed by atoms with Crippen LogP contribution in [-0.2, 0) is 5.41 Å². The summed E-state index contributed by atoms with van der Waals surface area (Å²) in [7, 11) is 0. The molecule has 0 bridgehead atoms. The van der Waals surface area contributed by atoms with Crippen molar-refractivity contribution in [2.75, 3.05) is 0 Å². The lowest BCUT2D eigenvalue weighted by Crippen LogP contribution is -1.98. The van der Waals surface area contributed by atoms with E-state index in [0.717, 1.165) is 0 Å². The Kier molecular flexibility index (Phi) is 1.19. The minimum Gasteiger partial charge on any atom is -0.118 e. The van der Waals surface area contributed by atoms with E-state index in [9.17, 15) is 0 Å². The summed E-state index contributed by atoms with van der Waals surface area (Å²) in [4.78, 5) is 0. The van der Waals surface area contributed by atoms with Gasteiger partial charge in [-0.3, -0.25) is 0 Å². The second-order valence-electron chi connectivity index (χ2n) is 4.04. The first kappa shape index (κ1) is 6.97. The normalized spacial score (nSPS) is 28.9. The highest BCUT2D eigenvalue weighted by Crippen LogP contribution is 2.61. The second kappa shape index (κ2) is 2.05. The van der Waals surface area contributed by atoms with Crippen molar-refractivity contribution in [1.29, 1.82) is 0 Å². The smallest absolute Gasteiger partial charge is 0.0596 e. The van der Waals surface area contributed by atoms with Gasteiger partial charge in [0.25, 0.3) is 0 Å². The first-order valence-electron chi connectivity index (χ1n) is 4.55. The Morgan fingerprint density at radius 3 is 2.75 bits per heavy atom. The topological polar surface area (TPSA) is 0 Å². The van der Waals surface area contributed by atoms with E-state index in [0.29, 0.717) is 5.41 Å². The highest BCUT2D eigenvalue weighted by atomic mass is 35.5. The molecule has 0 heterocycles. The fourth-order valence-corrected chi connectivity index (χ4v) is 2.93. The van der Waals surface area contributed by atoms with Gasteiger partial charge in [0.15, 0.2) is 0 Å². The van der Waals surface area contributed by atoms with Crippen LogP contribution in [0.15, 0.2) is 24.3 Å². The van der Waals surface area contributed by atoms with Crippen LogP contribution in [0, 0.1) is 0 Å². The minimum atomic E-state index is 0.281. The van der Waals surface area contributed by atoms with Crippen LogP contribution in [0.25, 0.3) is 0 Å². The van der Waals surface area contributed by atoms with Gasteiger partial charge in [0.1, 0.15) is 0 Å². The maximum absolute atomic E-state index is 6.27. The molecule has 62 valence electrons. The monoisotopic (exact) mass is 178 g/mol. The van der Waals surface area contributed by atoms with Crippen molar-refractivity contribution in [3.05, 3.63) is 35.4 Å². The van der Waals surface area contributed by atoms with E-state index in [1.807, 2.05) is 0 Å². The molecule has 0 aromatic heterocycles. The Hall–Kier alpha value is -0.490. The average molecular weight is 179 g/mol. The number of hydrogen-bond acceptors (Lipinski definition) is 0. The standard InChI is InChI=1S/C11H11Cl/c12-10-7-11(5-6-11)9-4-2-1-3-8(9)10/h1-4,10H,5-7H2. The van der Waals surface area contributed by atoms with Gasteiger partial charge >= 0.3 is 0 Å². The maximum Gasteiger partial charge on any atom is 0.0596 e. The molecule has 1 aromatic carbocycles. The first-order chi connectivity index (χ1) is 5.82. The summed E-state index contributed by atoms with van der Waals surface area (Å²) in [6.45, 7) is 0. The second-order valence-corrected chi connectivity index (χ2v) is 4.57. The van der Waals surface area contributed by atoms with Crippen molar-refractivity contribution >= 4 is 11.6 Å². The predicted molar refractivity (Wildman–Crippen MR) is 50.6 cm³/mol. The third kappa shape index (κ3) is 0.740. The van der Waals surface area contributed by atoms with Crippen molar-refractivity contribution in [2.24, 2.45) is 0 Å². The van der Waals surface area contributed by atoms with Crippen LogP contribution in [0.2, 0.25) is 0 Å². The summed E-state index contributed by atoms with van der Waals surface area (Å²) in [6, 6.07) is 8.66. The van der Waals surface area contributed by atoms with Crippen LogP contribution in [0.3, 0.4) is 0 Å². The molecule has 0 nitrogen and oxygen atoms in total. The first-order valence-corrected chi connectivity index (χ1v) is 4.99. The Balaban J connectivity index is 2.21. The number of fused-ring (bicyclic) bond motifs is 2. The molecule has 1 unspecified atom stereocenters. The fourth-order valence-electron chi connectivity index (χ4n) is 2.44. The van der Waals surface area contributed by atoms with Gasteiger partial charge in [0.2, 0.25) is 0 Å². The Morgan fingerprint density at radius 1 is 1.25 bits per heavy atom. The molecule has 2 aliphatic carbocycles. The molecule has 0 aliphatic heterocycles. The number of hydrogen-bond donors (Lipinski definition) is 0. The van der Waals surface area contributed by atoms with Crippen molar-refractivity contribution < 1.29 is 0 Å². The summed E-state index contributed by atoms with van der Waals surface area (Å²) >= 11 is 6.27. The molecule has 12 heavy (non-hydrogen) atoms. The lowest BCUT2D eigenvalue weighted by molar-refractivity contribution is 0.670. The van der Waals surface area contributed by atoms with Crippen LogP contribution in [0.5, 0.6) is 0 Å². The quantitative estimate of drug-likeness (QED) is 0.535. The number of halogens is 1. The lowest BCUT2D eigenvalue weighted by atomic mass is 9.99. The molecule has 1 atom stereocenters. The molecule has 0 N–H and O–H groups in total. The molecule has 1 fully saturated rings. The van der Waals surface area contributed by atoms with Gasteiger partial charge < -0.3 is 0 Å². The van der Waals surface area contributed by atoms with E-state index in [1.54, 1.807) is 0 Å². The van der Waals surface area contributed by atoms with E-state index in [2.05, 4.69) is 24.3 Å². The van der Waals surface area contributed by atoms with Crippen molar-refractivity contribution in [3.8, 4) is 0 Å². The molecule has 3 rings (SSSR count). The third-order valence-corrected chi connectivity index (χ3v) is 3.68. The van der Waals surface area contributed by atoms with Gasteiger partial charge in [-0.1, -0.05) is 24.3 Å². The fraction of sp³-hybridized carbons (Fsp3) is 0.455.